The van der Waals surface area contributed by atoms with E-state index in [0.717, 1.165) is 16.5 Å². The number of aromatic hydroxyl groups is 1. The Kier molecular flexibility index (Phi) is 3.05. The van der Waals surface area contributed by atoms with E-state index in [4.69, 9.17) is 23.2 Å². The van der Waals surface area contributed by atoms with Gasteiger partial charge in [-0.3, -0.25) is 0 Å². The van der Waals surface area contributed by atoms with E-state index in [0.29, 0.717) is 15.6 Å². The van der Waals surface area contributed by atoms with Crippen LogP contribution in [0.2, 0.25) is 10.2 Å². The molecule has 19 heavy (non-hydrogen) atoms. The molecule has 2 aromatic carbocycles. The lowest BCUT2D eigenvalue weighted by molar-refractivity contribution is 0.476. The Hall–Kier alpha value is -1.77. The molecule has 4 heteroatoms. The third kappa shape index (κ3) is 2.14. The summed E-state index contributed by atoms with van der Waals surface area (Å²) in [5, 5.41) is 12.2. The van der Waals surface area contributed by atoms with Gasteiger partial charge in [-0.2, -0.15) is 0 Å². The Labute approximate surface area is 120 Å². The van der Waals surface area contributed by atoms with Crippen LogP contribution in [0.25, 0.3) is 21.9 Å². The van der Waals surface area contributed by atoms with Crippen molar-refractivity contribution in [3.63, 3.8) is 0 Å². The van der Waals surface area contributed by atoms with Crippen LogP contribution in [0, 0.1) is 0 Å². The van der Waals surface area contributed by atoms with E-state index in [1.807, 2.05) is 30.3 Å². The van der Waals surface area contributed by atoms with E-state index in [-0.39, 0.29) is 5.75 Å². The fraction of sp³-hybridized carbons (Fsp3) is 0. The summed E-state index contributed by atoms with van der Waals surface area (Å²) in [7, 11) is 0. The Morgan fingerprint density at radius 2 is 1.68 bits per heavy atom. The number of pyridine rings is 1. The van der Waals surface area contributed by atoms with Crippen molar-refractivity contribution < 1.29 is 5.11 Å². The number of hydrogen-bond donors (Lipinski definition) is 1. The number of aromatic nitrogens is 1. The molecule has 0 atom stereocenters. The van der Waals surface area contributed by atoms with E-state index < -0.39 is 0 Å². The van der Waals surface area contributed by atoms with Gasteiger partial charge in [-0.05, 0) is 29.7 Å². The molecule has 0 aliphatic rings. The quantitative estimate of drug-likeness (QED) is 0.646. The number of phenolic OH excluding ortho intramolecular Hbond substituents is 1. The van der Waals surface area contributed by atoms with Gasteiger partial charge in [0.15, 0.2) is 0 Å². The third-order valence-electron chi connectivity index (χ3n) is 2.99. The van der Waals surface area contributed by atoms with Crippen molar-refractivity contribution in [2.45, 2.75) is 0 Å². The fourth-order valence-corrected chi connectivity index (χ4v) is 2.54. The first-order valence-corrected chi connectivity index (χ1v) is 6.44. The van der Waals surface area contributed by atoms with Gasteiger partial charge in [-0.1, -0.05) is 41.4 Å². The number of halogens is 2. The Bertz CT molecular complexity index is 771. The molecular formula is C15H9Cl2NO. The first-order valence-electron chi connectivity index (χ1n) is 5.69. The molecule has 0 aliphatic heterocycles. The van der Waals surface area contributed by atoms with Crippen LogP contribution >= 0.6 is 23.2 Å². The lowest BCUT2D eigenvalue weighted by Crippen LogP contribution is -1.86. The van der Waals surface area contributed by atoms with Crippen LogP contribution in [0.4, 0.5) is 0 Å². The molecule has 0 saturated heterocycles. The zero-order valence-corrected chi connectivity index (χ0v) is 11.3. The summed E-state index contributed by atoms with van der Waals surface area (Å²) in [6.07, 6.45) is 1.70. The summed E-state index contributed by atoms with van der Waals surface area (Å²) in [5.41, 5.74) is 1.79. The molecule has 0 aliphatic carbocycles. The second-order valence-electron chi connectivity index (χ2n) is 4.17. The smallest absolute Gasteiger partial charge is 0.137 e. The number of rotatable bonds is 1. The monoisotopic (exact) mass is 289 g/mol. The van der Waals surface area contributed by atoms with Crippen LogP contribution in [0.5, 0.6) is 5.75 Å². The standard InChI is InChI=1S/C15H9Cl2NO/c16-14-4-2-1-3-11(14)13-8-18-15(17)12-7-9(19)5-6-10(12)13/h1-8,19H. The molecule has 0 unspecified atom stereocenters. The van der Waals surface area contributed by atoms with Gasteiger partial charge in [0, 0.05) is 27.7 Å². The summed E-state index contributed by atoms with van der Waals surface area (Å²) < 4.78 is 0. The predicted molar refractivity (Wildman–Crippen MR) is 78.9 cm³/mol. The maximum absolute atomic E-state index is 9.56. The highest BCUT2D eigenvalue weighted by molar-refractivity contribution is 6.36. The minimum absolute atomic E-state index is 0.160. The van der Waals surface area contributed by atoms with Crippen molar-refractivity contribution in [1.82, 2.24) is 4.98 Å². The van der Waals surface area contributed by atoms with E-state index in [1.165, 1.54) is 0 Å². The summed E-state index contributed by atoms with van der Waals surface area (Å²) in [6, 6.07) is 12.6. The Balaban J connectivity index is 2.37. The second kappa shape index (κ2) is 4.72. The predicted octanol–water partition coefficient (Wildman–Crippen LogP) is 4.91. The normalized spacial score (nSPS) is 10.8. The molecular weight excluding hydrogens is 281 g/mol. The van der Waals surface area contributed by atoms with Gasteiger partial charge in [0.05, 0.1) is 0 Å². The maximum Gasteiger partial charge on any atom is 0.137 e. The third-order valence-corrected chi connectivity index (χ3v) is 3.62. The molecule has 1 aromatic heterocycles. The van der Waals surface area contributed by atoms with Gasteiger partial charge in [0.1, 0.15) is 10.9 Å². The van der Waals surface area contributed by atoms with Crippen molar-refractivity contribution in [3.05, 3.63) is 58.8 Å². The Morgan fingerprint density at radius 3 is 2.47 bits per heavy atom. The molecule has 2 nitrogen and oxygen atoms in total. The minimum atomic E-state index is 0.160. The zero-order chi connectivity index (χ0) is 13.4. The van der Waals surface area contributed by atoms with Crippen molar-refractivity contribution in [2.24, 2.45) is 0 Å². The number of fused-ring (bicyclic) bond motifs is 1. The molecule has 0 bridgehead atoms. The molecule has 0 amide bonds. The number of phenols is 1. The van der Waals surface area contributed by atoms with E-state index in [1.54, 1.807) is 18.3 Å². The Morgan fingerprint density at radius 1 is 0.895 bits per heavy atom. The van der Waals surface area contributed by atoms with Crippen molar-refractivity contribution in [1.29, 1.82) is 0 Å². The number of hydrogen-bond acceptors (Lipinski definition) is 2. The lowest BCUT2D eigenvalue weighted by Gasteiger charge is -2.09. The second-order valence-corrected chi connectivity index (χ2v) is 4.94. The molecule has 3 rings (SSSR count). The molecule has 0 radical (unpaired) electrons. The molecule has 1 heterocycles. The number of benzene rings is 2. The highest BCUT2D eigenvalue weighted by Gasteiger charge is 2.10. The van der Waals surface area contributed by atoms with Crippen molar-refractivity contribution in [2.75, 3.05) is 0 Å². The van der Waals surface area contributed by atoms with Crippen molar-refractivity contribution >= 4 is 34.0 Å². The maximum atomic E-state index is 9.56. The highest BCUT2D eigenvalue weighted by Crippen LogP contribution is 2.36. The van der Waals surface area contributed by atoms with Crippen LogP contribution in [0.3, 0.4) is 0 Å². The van der Waals surface area contributed by atoms with Gasteiger partial charge < -0.3 is 5.11 Å². The van der Waals surface area contributed by atoms with Crippen LogP contribution in [0.15, 0.2) is 48.7 Å². The molecule has 0 spiro atoms. The summed E-state index contributed by atoms with van der Waals surface area (Å²) in [6.45, 7) is 0. The van der Waals surface area contributed by atoms with E-state index >= 15 is 0 Å². The molecule has 0 saturated carbocycles. The topological polar surface area (TPSA) is 33.1 Å². The van der Waals surface area contributed by atoms with Crippen molar-refractivity contribution in [3.8, 4) is 16.9 Å². The summed E-state index contributed by atoms with van der Waals surface area (Å²) in [5.74, 6) is 0.160. The van der Waals surface area contributed by atoms with Gasteiger partial charge in [0.2, 0.25) is 0 Å². The first-order chi connectivity index (χ1) is 9.16. The first kappa shape index (κ1) is 12.3. The lowest BCUT2D eigenvalue weighted by atomic mass is 10.0. The molecule has 1 N–H and O–H groups in total. The van der Waals surface area contributed by atoms with Crippen LogP contribution in [-0.4, -0.2) is 10.1 Å². The zero-order valence-electron chi connectivity index (χ0n) is 9.77. The fourth-order valence-electron chi connectivity index (χ4n) is 2.09. The van der Waals surface area contributed by atoms with Gasteiger partial charge in [0.25, 0.3) is 0 Å². The largest absolute Gasteiger partial charge is 0.508 e. The summed E-state index contributed by atoms with van der Waals surface area (Å²) >= 11 is 12.3. The van der Waals surface area contributed by atoms with Gasteiger partial charge in [-0.15, -0.1) is 0 Å². The molecule has 0 fully saturated rings. The molecule has 94 valence electrons. The van der Waals surface area contributed by atoms with Crippen LogP contribution in [0.1, 0.15) is 0 Å². The van der Waals surface area contributed by atoms with Crippen LogP contribution in [-0.2, 0) is 0 Å². The van der Waals surface area contributed by atoms with Crippen LogP contribution < -0.4 is 0 Å². The summed E-state index contributed by atoms with van der Waals surface area (Å²) in [4.78, 5) is 4.16. The minimum Gasteiger partial charge on any atom is -0.508 e. The van der Waals surface area contributed by atoms with E-state index in [2.05, 4.69) is 4.98 Å². The van der Waals surface area contributed by atoms with E-state index in [9.17, 15) is 5.11 Å². The molecule has 3 aromatic rings. The average molecular weight is 290 g/mol. The number of nitrogens with zero attached hydrogens (tertiary/aromatic N) is 1. The SMILES string of the molecule is Oc1ccc2c(-c3ccccc3Cl)cnc(Cl)c2c1. The average Bonchev–Trinajstić information content (AvgIpc) is 2.41. The highest BCUT2D eigenvalue weighted by atomic mass is 35.5. The van der Waals surface area contributed by atoms with Gasteiger partial charge >= 0.3 is 0 Å². The van der Waals surface area contributed by atoms with Gasteiger partial charge in [-0.25, -0.2) is 4.98 Å².